The van der Waals surface area contributed by atoms with Crippen molar-refractivity contribution in [2.24, 2.45) is 0 Å². The molecule has 4 nitrogen and oxygen atoms in total. The van der Waals surface area contributed by atoms with Crippen molar-refractivity contribution in [3.63, 3.8) is 0 Å². The number of ketones is 1. The standard InChI is InChI=1S/C17H26N2O2.C2H6.2CH4/c1-13(7-5-4-6-12-18-3)19-17(21)16-10-8-15(9-11-16)14(2)20;1-2;;/h8-11,13,18H,4-7,12H2,1-3H3,(H,19,21);1-2H3;2*1H4. The predicted octanol–water partition coefficient (Wildman–Crippen LogP) is 5.09. The molecule has 0 aliphatic rings. The Balaban J connectivity index is -0.00000116. The van der Waals surface area contributed by atoms with E-state index in [1.54, 1.807) is 24.3 Å². The van der Waals surface area contributed by atoms with Crippen LogP contribution in [0.2, 0.25) is 0 Å². The first-order valence-electron chi connectivity index (χ1n) is 8.61. The molecule has 0 bridgehead atoms. The van der Waals surface area contributed by atoms with Crippen molar-refractivity contribution in [1.82, 2.24) is 10.6 Å². The summed E-state index contributed by atoms with van der Waals surface area (Å²) in [5.41, 5.74) is 1.23. The van der Waals surface area contributed by atoms with Gasteiger partial charge in [0.1, 0.15) is 0 Å². The quantitative estimate of drug-likeness (QED) is 0.481. The second-order valence-corrected chi connectivity index (χ2v) is 5.46. The number of hydrogen-bond donors (Lipinski definition) is 2. The first-order chi connectivity index (χ1) is 11.0. The Hall–Kier alpha value is -1.68. The van der Waals surface area contributed by atoms with Gasteiger partial charge in [0, 0.05) is 17.2 Å². The highest BCUT2D eigenvalue weighted by Crippen LogP contribution is 2.07. The average molecular weight is 353 g/mol. The molecule has 4 heteroatoms. The van der Waals surface area contributed by atoms with Crippen LogP contribution in [0, 0.1) is 0 Å². The zero-order valence-electron chi connectivity index (χ0n) is 15.2. The SMILES string of the molecule is C.C.CC.CNCCCCCC(C)NC(=O)c1ccc(C(C)=O)cc1. The van der Waals surface area contributed by atoms with Gasteiger partial charge in [-0.3, -0.25) is 9.59 Å². The van der Waals surface area contributed by atoms with Gasteiger partial charge in [-0.1, -0.05) is 53.7 Å². The minimum Gasteiger partial charge on any atom is -0.350 e. The molecule has 0 aliphatic carbocycles. The summed E-state index contributed by atoms with van der Waals surface area (Å²) in [6.45, 7) is 8.59. The van der Waals surface area contributed by atoms with E-state index < -0.39 is 0 Å². The summed E-state index contributed by atoms with van der Waals surface area (Å²) in [6, 6.07) is 6.95. The molecule has 146 valence electrons. The van der Waals surface area contributed by atoms with Crippen LogP contribution in [0.3, 0.4) is 0 Å². The summed E-state index contributed by atoms with van der Waals surface area (Å²) in [5, 5.41) is 6.12. The van der Waals surface area contributed by atoms with Crippen LogP contribution in [-0.4, -0.2) is 31.3 Å². The van der Waals surface area contributed by atoms with Gasteiger partial charge in [0.15, 0.2) is 5.78 Å². The van der Waals surface area contributed by atoms with Gasteiger partial charge in [0.05, 0.1) is 0 Å². The molecular formula is C21H40N2O2. The van der Waals surface area contributed by atoms with Crippen LogP contribution in [0.1, 0.15) is 88.9 Å². The van der Waals surface area contributed by atoms with Crippen LogP contribution in [-0.2, 0) is 0 Å². The number of Topliss-reactive ketones (excluding diaryl/α,β-unsaturated/α-hetero) is 1. The van der Waals surface area contributed by atoms with Crippen LogP contribution in [0.15, 0.2) is 24.3 Å². The third-order valence-electron chi connectivity index (χ3n) is 3.50. The van der Waals surface area contributed by atoms with E-state index in [-0.39, 0.29) is 32.6 Å². The molecule has 0 heterocycles. The van der Waals surface area contributed by atoms with Gasteiger partial charge in [0.25, 0.3) is 5.91 Å². The maximum absolute atomic E-state index is 12.1. The van der Waals surface area contributed by atoms with Gasteiger partial charge < -0.3 is 10.6 Å². The van der Waals surface area contributed by atoms with Gasteiger partial charge in [0.2, 0.25) is 0 Å². The highest BCUT2D eigenvalue weighted by molar-refractivity contribution is 5.97. The van der Waals surface area contributed by atoms with Crippen molar-refractivity contribution in [2.45, 2.75) is 74.3 Å². The van der Waals surface area contributed by atoms with Crippen LogP contribution in [0.4, 0.5) is 0 Å². The first kappa shape index (κ1) is 28.1. The minimum absolute atomic E-state index is 0. The van der Waals surface area contributed by atoms with E-state index in [1.807, 2.05) is 27.8 Å². The predicted molar refractivity (Wildman–Crippen MR) is 111 cm³/mol. The van der Waals surface area contributed by atoms with Gasteiger partial charge in [-0.2, -0.15) is 0 Å². The van der Waals surface area contributed by atoms with Crippen molar-refractivity contribution in [3.8, 4) is 0 Å². The summed E-state index contributed by atoms with van der Waals surface area (Å²) in [7, 11) is 1.96. The molecule has 0 saturated heterocycles. The van der Waals surface area contributed by atoms with Crippen molar-refractivity contribution >= 4 is 11.7 Å². The lowest BCUT2D eigenvalue weighted by Crippen LogP contribution is -2.32. The maximum atomic E-state index is 12.1. The molecule has 0 radical (unpaired) electrons. The van der Waals surface area contributed by atoms with Crippen LogP contribution < -0.4 is 10.6 Å². The van der Waals surface area contributed by atoms with Crippen molar-refractivity contribution in [2.75, 3.05) is 13.6 Å². The number of hydrogen-bond acceptors (Lipinski definition) is 3. The Labute approximate surface area is 155 Å². The van der Waals surface area contributed by atoms with E-state index in [9.17, 15) is 9.59 Å². The monoisotopic (exact) mass is 352 g/mol. The lowest BCUT2D eigenvalue weighted by atomic mass is 10.1. The van der Waals surface area contributed by atoms with E-state index in [1.165, 1.54) is 19.8 Å². The van der Waals surface area contributed by atoms with Crippen molar-refractivity contribution < 1.29 is 9.59 Å². The fraction of sp³-hybridized carbons (Fsp3) is 0.619. The molecule has 1 aromatic carbocycles. The number of amides is 1. The number of nitrogens with one attached hydrogen (secondary N) is 2. The lowest BCUT2D eigenvalue weighted by Gasteiger charge is -2.14. The lowest BCUT2D eigenvalue weighted by molar-refractivity contribution is 0.0936. The van der Waals surface area contributed by atoms with Gasteiger partial charge in [-0.25, -0.2) is 0 Å². The molecule has 2 N–H and O–H groups in total. The Morgan fingerprint density at radius 1 is 0.960 bits per heavy atom. The highest BCUT2D eigenvalue weighted by Gasteiger charge is 2.10. The van der Waals surface area contributed by atoms with Crippen molar-refractivity contribution in [3.05, 3.63) is 35.4 Å². The molecule has 1 aromatic rings. The second-order valence-electron chi connectivity index (χ2n) is 5.46. The number of carbonyl (C=O) groups excluding carboxylic acids is 2. The molecule has 0 aliphatic heterocycles. The maximum Gasteiger partial charge on any atom is 0.251 e. The Morgan fingerprint density at radius 2 is 1.48 bits per heavy atom. The molecule has 25 heavy (non-hydrogen) atoms. The van der Waals surface area contributed by atoms with Gasteiger partial charge in [-0.15, -0.1) is 0 Å². The van der Waals surface area contributed by atoms with Gasteiger partial charge >= 0.3 is 0 Å². The summed E-state index contributed by atoms with van der Waals surface area (Å²) in [5.74, 6) is -0.0651. The van der Waals surface area contributed by atoms with Crippen LogP contribution >= 0.6 is 0 Å². The van der Waals surface area contributed by atoms with E-state index in [0.29, 0.717) is 11.1 Å². The topological polar surface area (TPSA) is 58.2 Å². The third-order valence-corrected chi connectivity index (χ3v) is 3.50. The number of benzene rings is 1. The zero-order valence-corrected chi connectivity index (χ0v) is 15.2. The van der Waals surface area contributed by atoms with E-state index in [0.717, 1.165) is 19.4 Å². The fourth-order valence-corrected chi connectivity index (χ4v) is 2.16. The summed E-state index contributed by atoms with van der Waals surface area (Å²) in [6.07, 6.45) is 4.45. The largest absolute Gasteiger partial charge is 0.350 e. The number of unbranched alkanes of at least 4 members (excludes halogenated alkanes) is 2. The first-order valence-corrected chi connectivity index (χ1v) is 8.61. The second kappa shape index (κ2) is 17.2. The molecule has 1 atom stereocenters. The molecule has 1 unspecified atom stereocenters. The molecule has 0 aromatic heterocycles. The minimum atomic E-state index is -0.0761. The fourth-order valence-electron chi connectivity index (χ4n) is 2.16. The summed E-state index contributed by atoms with van der Waals surface area (Å²) in [4.78, 5) is 23.3. The van der Waals surface area contributed by atoms with Crippen molar-refractivity contribution in [1.29, 1.82) is 0 Å². The van der Waals surface area contributed by atoms with Crippen LogP contribution in [0.5, 0.6) is 0 Å². The van der Waals surface area contributed by atoms with E-state index in [2.05, 4.69) is 10.6 Å². The Kier molecular flexibility index (Phi) is 19.3. The summed E-state index contributed by atoms with van der Waals surface area (Å²) >= 11 is 0. The number of rotatable bonds is 9. The number of carbonyl (C=O) groups is 2. The average Bonchev–Trinajstić information content (AvgIpc) is 2.56. The normalized spacial score (nSPS) is 10.3. The molecular weight excluding hydrogens is 312 g/mol. The molecule has 0 saturated carbocycles. The van der Waals surface area contributed by atoms with E-state index in [4.69, 9.17) is 0 Å². The van der Waals surface area contributed by atoms with Gasteiger partial charge in [-0.05, 0) is 52.4 Å². The zero-order chi connectivity index (χ0) is 17.7. The van der Waals surface area contributed by atoms with Crippen LogP contribution in [0.25, 0.3) is 0 Å². The smallest absolute Gasteiger partial charge is 0.251 e. The Bertz CT molecular complexity index is 455. The molecule has 0 fully saturated rings. The third kappa shape index (κ3) is 12.3. The summed E-state index contributed by atoms with van der Waals surface area (Å²) < 4.78 is 0. The molecule has 0 spiro atoms. The Morgan fingerprint density at radius 3 is 1.96 bits per heavy atom. The molecule has 1 amide bonds. The highest BCUT2D eigenvalue weighted by atomic mass is 16.1. The van der Waals surface area contributed by atoms with E-state index >= 15 is 0 Å². The molecule has 1 rings (SSSR count).